The first-order valence-electron chi connectivity index (χ1n) is 8.68. The SMILES string of the molecule is CCS(=O)(=O)NCCSc1nc2ccccc2n1CCc1ccccc1. The summed E-state index contributed by atoms with van der Waals surface area (Å²) in [7, 11) is -3.15. The van der Waals surface area contributed by atoms with Gasteiger partial charge in [0.05, 0.1) is 16.8 Å². The minimum absolute atomic E-state index is 0.104. The monoisotopic (exact) mass is 389 g/mol. The topological polar surface area (TPSA) is 64.0 Å². The third-order valence-corrected chi connectivity index (χ3v) is 6.50. The maximum atomic E-state index is 11.5. The Hall–Kier alpha value is -1.83. The summed E-state index contributed by atoms with van der Waals surface area (Å²) < 4.78 is 27.9. The Bertz CT molecular complexity index is 953. The quantitative estimate of drug-likeness (QED) is 0.450. The minimum Gasteiger partial charge on any atom is -0.319 e. The van der Waals surface area contributed by atoms with Crippen LogP contribution in [0.3, 0.4) is 0 Å². The third-order valence-electron chi connectivity index (χ3n) is 4.12. The lowest BCUT2D eigenvalue weighted by Crippen LogP contribution is -2.27. The van der Waals surface area contributed by atoms with E-state index < -0.39 is 10.0 Å². The number of nitrogens with one attached hydrogen (secondary N) is 1. The Morgan fingerprint density at radius 1 is 1.08 bits per heavy atom. The van der Waals surface area contributed by atoms with Crippen molar-refractivity contribution >= 4 is 32.8 Å². The lowest BCUT2D eigenvalue weighted by atomic mass is 10.1. The van der Waals surface area contributed by atoms with Crippen molar-refractivity contribution in [1.82, 2.24) is 14.3 Å². The number of hydrogen-bond acceptors (Lipinski definition) is 4. The Balaban J connectivity index is 1.72. The fourth-order valence-corrected chi connectivity index (χ4v) is 4.35. The number of para-hydroxylation sites is 2. The molecule has 0 aliphatic rings. The summed E-state index contributed by atoms with van der Waals surface area (Å²) in [4.78, 5) is 4.73. The molecule has 0 saturated heterocycles. The molecule has 0 spiro atoms. The van der Waals surface area contributed by atoms with E-state index in [9.17, 15) is 8.42 Å². The zero-order valence-corrected chi connectivity index (χ0v) is 16.4. The van der Waals surface area contributed by atoms with Gasteiger partial charge in [0.25, 0.3) is 0 Å². The van der Waals surface area contributed by atoms with Gasteiger partial charge in [-0.3, -0.25) is 0 Å². The summed E-state index contributed by atoms with van der Waals surface area (Å²) in [6.45, 7) is 2.88. The first kappa shape index (κ1) is 18.9. The summed E-state index contributed by atoms with van der Waals surface area (Å²) in [6.07, 6.45) is 0.928. The van der Waals surface area contributed by atoms with Gasteiger partial charge in [-0.25, -0.2) is 18.1 Å². The van der Waals surface area contributed by atoms with E-state index in [2.05, 4.69) is 39.6 Å². The Morgan fingerprint density at radius 2 is 1.81 bits per heavy atom. The number of rotatable bonds is 9. The summed E-state index contributed by atoms with van der Waals surface area (Å²) in [5.41, 5.74) is 3.37. The molecular formula is C19H23N3O2S2. The third kappa shape index (κ3) is 4.87. The van der Waals surface area contributed by atoms with Gasteiger partial charge < -0.3 is 4.57 Å². The molecule has 3 rings (SSSR count). The zero-order valence-electron chi connectivity index (χ0n) is 14.8. The molecule has 0 aliphatic carbocycles. The highest BCUT2D eigenvalue weighted by Crippen LogP contribution is 2.24. The van der Waals surface area contributed by atoms with Crippen LogP contribution in [0.25, 0.3) is 11.0 Å². The van der Waals surface area contributed by atoms with Crippen LogP contribution in [0.4, 0.5) is 0 Å². The number of imidazole rings is 1. The molecule has 0 saturated carbocycles. The molecule has 138 valence electrons. The van der Waals surface area contributed by atoms with E-state index in [1.54, 1.807) is 18.7 Å². The van der Waals surface area contributed by atoms with Crippen molar-refractivity contribution in [2.45, 2.75) is 25.0 Å². The highest BCUT2D eigenvalue weighted by Gasteiger charge is 2.12. The van der Waals surface area contributed by atoms with Crippen LogP contribution in [0.15, 0.2) is 59.8 Å². The lowest BCUT2D eigenvalue weighted by molar-refractivity contribution is 0.585. The number of hydrogen-bond donors (Lipinski definition) is 1. The smallest absolute Gasteiger partial charge is 0.211 e. The summed E-state index contributed by atoms with van der Waals surface area (Å²) >= 11 is 1.58. The second-order valence-electron chi connectivity index (χ2n) is 5.92. The molecule has 0 atom stereocenters. The fourth-order valence-electron chi connectivity index (χ4n) is 2.71. The lowest BCUT2D eigenvalue weighted by Gasteiger charge is -2.09. The fraction of sp³-hybridized carbons (Fsp3) is 0.316. The molecule has 5 nitrogen and oxygen atoms in total. The molecule has 0 bridgehead atoms. The summed E-state index contributed by atoms with van der Waals surface area (Å²) in [6, 6.07) is 18.5. The van der Waals surface area contributed by atoms with Crippen molar-refractivity contribution in [1.29, 1.82) is 0 Å². The van der Waals surface area contributed by atoms with Crippen LogP contribution < -0.4 is 4.72 Å². The molecule has 0 fully saturated rings. The van der Waals surface area contributed by atoms with E-state index in [1.807, 2.05) is 24.3 Å². The zero-order chi connectivity index (χ0) is 18.4. The van der Waals surface area contributed by atoms with Crippen LogP contribution in [0, 0.1) is 0 Å². The molecule has 2 aromatic carbocycles. The Morgan fingerprint density at radius 3 is 2.58 bits per heavy atom. The van der Waals surface area contributed by atoms with E-state index >= 15 is 0 Å². The average Bonchev–Trinajstić information content (AvgIpc) is 3.02. The molecule has 1 N–H and O–H groups in total. The average molecular weight is 390 g/mol. The number of aryl methyl sites for hydroxylation is 2. The van der Waals surface area contributed by atoms with Crippen LogP contribution in [-0.4, -0.2) is 36.0 Å². The second kappa shape index (κ2) is 8.70. The van der Waals surface area contributed by atoms with Gasteiger partial charge >= 0.3 is 0 Å². The molecule has 1 aromatic heterocycles. The van der Waals surface area contributed by atoms with Gasteiger partial charge in [-0.2, -0.15) is 0 Å². The number of fused-ring (bicyclic) bond motifs is 1. The van der Waals surface area contributed by atoms with Gasteiger partial charge in [0.15, 0.2) is 5.16 Å². The molecule has 1 heterocycles. The predicted molar refractivity (Wildman–Crippen MR) is 108 cm³/mol. The molecule has 26 heavy (non-hydrogen) atoms. The van der Waals surface area contributed by atoms with E-state index in [1.165, 1.54) is 5.56 Å². The number of nitrogens with zero attached hydrogens (tertiary/aromatic N) is 2. The van der Waals surface area contributed by atoms with Crippen LogP contribution in [0.1, 0.15) is 12.5 Å². The van der Waals surface area contributed by atoms with E-state index in [0.29, 0.717) is 12.3 Å². The van der Waals surface area contributed by atoms with Gasteiger partial charge in [0, 0.05) is 18.8 Å². The highest BCUT2D eigenvalue weighted by atomic mass is 32.2. The van der Waals surface area contributed by atoms with Crippen molar-refractivity contribution in [3.63, 3.8) is 0 Å². The Kier molecular flexibility index (Phi) is 6.34. The van der Waals surface area contributed by atoms with E-state index in [-0.39, 0.29) is 5.75 Å². The van der Waals surface area contributed by atoms with Crippen LogP contribution >= 0.6 is 11.8 Å². The predicted octanol–water partition coefficient (Wildman–Crippen LogP) is 3.31. The number of aromatic nitrogens is 2. The molecule has 0 radical (unpaired) electrons. The second-order valence-corrected chi connectivity index (χ2v) is 9.07. The van der Waals surface area contributed by atoms with Crippen molar-refractivity contribution in [2.75, 3.05) is 18.1 Å². The van der Waals surface area contributed by atoms with E-state index in [4.69, 9.17) is 4.98 Å². The van der Waals surface area contributed by atoms with Crippen LogP contribution in [0.2, 0.25) is 0 Å². The minimum atomic E-state index is -3.15. The standard InChI is InChI=1S/C19H23N3O2S2/c1-2-26(23,24)20-13-15-25-19-21-17-10-6-7-11-18(17)22(19)14-12-16-8-4-3-5-9-16/h3-11,20H,2,12-15H2,1H3. The van der Waals surface area contributed by atoms with Gasteiger partial charge in [-0.1, -0.05) is 54.2 Å². The van der Waals surface area contributed by atoms with Crippen molar-refractivity contribution in [3.8, 4) is 0 Å². The van der Waals surface area contributed by atoms with Crippen LogP contribution in [0.5, 0.6) is 0 Å². The molecule has 3 aromatic rings. The summed E-state index contributed by atoms with van der Waals surface area (Å²) in [5, 5.41) is 0.929. The highest BCUT2D eigenvalue weighted by molar-refractivity contribution is 7.99. The number of sulfonamides is 1. The molecular weight excluding hydrogens is 366 g/mol. The van der Waals surface area contributed by atoms with Crippen molar-refractivity contribution in [3.05, 3.63) is 60.2 Å². The van der Waals surface area contributed by atoms with Crippen molar-refractivity contribution in [2.24, 2.45) is 0 Å². The maximum Gasteiger partial charge on any atom is 0.211 e. The van der Waals surface area contributed by atoms with Gasteiger partial charge in [-0.15, -0.1) is 0 Å². The van der Waals surface area contributed by atoms with E-state index in [0.717, 1.165) is 29.2 Å². The number of benzene rings is 2. The number of thioether (sulfide) groups is 1. The first-order chi connectivity index (χ1) is 12.6. The summed E-state index contributed by atoms with van der Waals surface area (Å²) in [5.74, 6) is 0.751. The molecule has 0 amide bonds. The largest absolute Gasteiger partial charge is 0.319 e. The van der Waals surface area contributed by atoms with Gasteiger partial charge in [0.1, 0.15) is 0 Å². The van der Waals surface area contributed by atoms with Crippen molar-refractivity contribution < 1.29 is 8.42 Å². The van der Waals surface area contributed by atoms with Gasteiger partial charge in [-0.05, 0) is 31.0 Å². The van der Waals surface area contributed by atoms with Gasteiger partial charge in [0.2, 0.25) is 10.0 Å². The van der Waals surface area contributed by atoms with Crippen LogP contribution in [-0.2, 0) is 23.0 Å². The molecule has 7 heteroatoms. The first-order valence-corrected chi connectivity index (χ1v) is 11.3. The molecule has 0 aliphatic heterocycles. The Labute approximate surface area is 158 Å². The molecule has 0 unspecified atom stereocenters. The maximum absolute atomic E-state index is 11.5. The normalized spacial score (nSPS) is 11.9.